The van der Waals surface area contributed by atoms with Crippen LogP contribution in [0, 0.1) is 5.82 Å². The molecule has 2 aliphatic heterocycles. The van der Waals surface area contributed by atoms with E-state index in [9.17, 15) is 14.0 Å². The number of hydrogen-bond donors (Lipinski definition) is 2. The Hall–Kier alpha value is -3.92. The Morgan fingerprint density at radius 2 is 2.00 bits per heavy atom. The predicted molar refractivity (Wildman–Crippen MR) is 149 cm³/mol. The van der Waals surface area contributed by atoms with Gasteiger partial charge in [-0.05, 0) is 67.6 Å². The van der Waals surface area contributed by atoms with Gasteiger partial charge in [-0.2, -0.15) is 0 Å². The summed E-state index contributed by atoms with van der Waals surface area (Å²) in [6, 6.07) is 9.92. The molecule has 0 fully saturated rings. The molecular formula is C30H37FN4O5. The number of benzene rings is 1. The number of aliphatic hydroxyl groups excluding tert-OH is 1. The standard InChI is InChI=1S/C28H31FN4O4.C2H6O/c1-3-37-26(34)16-23(20-7-9-25(36-2)22(29)15-20)33-12-11-32-17-18(14-24(32)28(33)35)13-21-8-6-19-5-4-10-30-27(19)31-21;1-2-3/h6-9,14-15,17,23H,3-5,10-13,16H2,1-2H3,(H,30,31);3H,2H2,1H3/t23-;/m0./s1. The molecule has 0 saturated carbocycles. The third-order valence-electron chi connectivity index (χ3n) is 6.95. The van der Waals surface area contributed by atoms with Gasteiger partial charge in [0, 0.05) is 44.6 Å². The second-order valence-electron chi connectivity index (χ2n) is 9.68. The molecule has 214 valence electrons. The van der Waals surface area contributed by atoms with Crippen molar-refractivity contribution >= 4 is 17.7 Å². The molecule has 40 heavy (non-hydrogen) atoms. The maximum atomic E-state index is 14.6. The molecule has 0 bridgehead atoms. The first kappa shape index (κ1) is 29.1. The first-order valence-electron chi connectivity index (χ1n) is 13.7. The third kappa shape index (κ3) is 6.62. The highest BCUT2D eigenvalue weighted by atomic mass is 19.1. The van der Waals surface area contributed by atoms with E-state index in [1.54, 1.807) is 24.8 Å². The van der Waals surface area contributed by atoms with Crippen LogP contribution in [0.3, 0.4) is 0 Å². The lowest BCUT2D eigenvalue weighted by Crippen LogP contribution is -2.43. The number of anilines is 1. The van der Waals surface area contributed by atoms with Crippen LogP contribution >= 0.6 is 0 Å². The normalized spacial score (nSPS) is 14.7. The molecule has 2 aromatic heterocycles. The quantitative estimate of drug-likeness (QED) is 0.405. The lowest BCUT2D eigenvalue weighted by Gasteiger charge is -2.35. The minimum Gasteiger partial charge on any atom is -0.494 e. The summed E-state index contributed by atoms with van der Waals surface area (Å²) in [5.41, 5.74) is 4.23. The maximum Gasteiger partial charge on any atom is 0.308 e. The third-order valence-corrected chi connectivity index (χ3v) is 6.95. The van der Waals surface area contributed by atoms with E-state index >= 15 is 0 Å². The van der Waals surface area contributed by atoms with Gasteiger partial charge in [0.25, 0.3) is 5.91 Å². The van der Waals surface area contributed by atoms with E-state index in [-0.39, 0.29) is 31.3 Å². The summed E-state index contributed by atoms with van der Waals surface area (Å²) in [5.74, 6) is -0.138. The number of pyridine rings is 1. The molecule has 0 saturated heterocycles. The summed E-state index contributed by atoms with van der Waals surface area (Å²) in [6.07, 6.45) is 4.68. The van der Waals surface area contributed by atoms with Crippen molar-refractivity contribution in [2.45, 2.75) is 52.1 Å². The number of methoxy groups -OCH3 is 1. The van der Waals surface area contributed by atoms with E-state index < -0.39 is 17.8 Å². The van der Waals surface area contributed by atoms with Crippen molar-refractivity contribution < 1.29 is 28.6 Å². The number of amides is 1. The number of rotatable bonds is 8. The molecule has 9 nitrogen and oxygen atoms in total. The van der Waals surface area contributed by atoms with Gasteiger partial charge in [-0.3, -0.25) is 9.59 Å². The Morgan fingerprint density at radius 1 is 1.20 bits per heavy atom. The van der Waals surface area contributed by atoms with Crippen LogP contribution in [0.25, 0.3) is 0 Å². The number of nitrogens with one attached hydrogen (secondary N) is 1. The van der Waals surface area contributed by atoms with Gasteiger partial charge < -0.3 is 29.4 Å². The van der Waals surface area contributed by atoms with Gasteiger partial charge in [-0.1, -0.05) is 12.1 Å². The fourth-order valence-electron chi connectivity index (χ4n) is 5.15. The fraction of sp³-hybridized carbons (Fsp3) is 0.433. The molecule has 10 heteroatoms. The van der Waals surface area contributed by atoms with Gasteiger partial charge in [0.05, 0.1) is 26.2 Å². The average molecular weight is 553 g/mol. The van der Waals surface area contributed by atoms with Gasteiger partial charge in [-0.15, -0.1) is 0 Å². The van der Waals surface area contributed by atoms with E-state index in [2.05, 4.69) is 11.4 Å². The number of nitrogens with zero attached hydrogens (tertiary/aromatic N) is 3. The van der Waals surface area contributed by atoms with Crippen LogP contribution in [-0.4, -0.2) is 64.8 Å². The van der Waals surface area contributed by atoms with Crippen LogP contribution in [0.15, 0.2) is 42.6 Å². The Morgan fingerprint density at radius 3 is 2.73 bits per heavy atom. The van der Waals surface area contributed by atoms with Crippen molar-refractivity contribution in [3.63, 3.8) is 0 Å². The molecule has 1 aromatic carbocycles. The van der Waals surface area contributed by atoms with E-state index in [0.29, 0.717) is 30.8 Å². The van der Waals surface area contributed by atoms with Gasteiger partial charge in [0.1, 0.15) is 11.5 Å². The Balaban J connectivity index is 0.00000118. The van der Waals surface area contributed by atoms with Crippen LogP contribution in [0.4, 0.5) is 10.2 Å². The summed E-state index contributed by atoms with van der Waals surface area (Å²) in [4.78, 5) is 32.5. The van der Waals surface area contributed by atoms with Crippen molar-refractivity contribution in [3.05, 3.63) is 76.5 Å². The highest BCUT2D eigenvalue weighted by molar-refractivity contribution is 5.94. The van der Waals surface area contributed by atoms with E-state index in [4.69, 9.17) is 19.6 Å². The molecule has 1 atom stereocenters. The molecule has 3 aromatic rings. The van der Waals surface area contributed by atoms with Gasteiger partial charge >= 0.3 is 5.97 Å². The van der Waals surface area contributed by atoms with Crippen LogP contribution in [0.2, 0.25) is 0 Å². The first-order valence-corrected chi connectivity index (χ1v) is 13.7. The minimum atomic E-state index is -0.660. The molecule has 4 heterocycles. The molecule has 0 spiro atoms. The summed E-state index contributed by atoms with van der Waals surface area (Å²) in [6.45, 7) is 5.78. The monoisotopic (exact) mass is 552 g/mol. The topological polar surface area (TPSA) is 106 Å². The smallest absolute Gasteiger partial charge is 0.308 e. The van der Waals surface area contributed by atoms with Crippen LogP contribution < -0.4 is 10.1 Å². The molecule has 0 radical (unpaired) electrons. The zero-order valence-electron chi connectivity index (χ0n) is 23.3. The van der Waals surface area contributed by atoms with Gasteiger partial charge in [-0.25, -0.2) is 9.37 Å². The van der Waals surface area contributed by atoms with E-state index in [0.717, 1.165) is 36.5 Å². The number of ether oxygens (including phenoxy) is 2. The lowest BCUT2D eigenvalue weighted by atomic mass is 10.00. The number of esters is 1. The van der Waals surface area contributed by atoms with E-state index in [1.807, 2.05) is 22.9 Å². The van der Waals surface area contributed by atoms with Crippen molar-refractivity contribution in [1.82, 2.24) is 14.5 Å². The fourth-order valence-corrected chi connectivity index (χ4v) is 5.15. The van der Waals surface area contributed by atoms with Crippen molar-refractivity contribution in [2.75, 3.05) is 38.7 Å². The Labute approximate surface area is 233 Å². The predicted octanol–water partition coefficient (Wildman–Crippen LogP) is 4.13. The molecule has 0 unspecified atom stereocenters. The average Bonchev–Trinajstić information content (AvgIpc) is 3.36. The van der Waals surface area contributed by atoms with Crippen molar-refractivity contribution in [2.24, 2.45) is 0 Å². The number of aromatic nitrogens is 2. The van der Waals surface area contributed by atoms with Crippen molar-refractivity contribution in [3.8, 4) is 5.75 Å². The number of aryl methyl sites for hydroxylation is 1. The van der Waals surface area contributed by atoms with Crippen LogP contribution in [-0.2, 0) is 28.9 Å². The van der Waals surface area contributed by atoms with Gasteiger partial charge in [0.15, 0.2) is 11.6 Å². The molecular weight excluding hydrogens is 515 g/mol. The highest BCUT2D eigenvalue weighted by Gasteiger charge is 2.33. The molecule has 2 aliphatic rings. The van der Waals surface area contributed by atoms with E-state index in [1.165, 1.54) is 24.8 Å². The maximum absolute atomic E-state index is 14.6. The number of carbonyl (C=O) groups is 2. The lowest BCUT2D eigenvalue weighted by molar-refractivity contribution is -0.144. The Bertz CT molecular complexity index is 1340. The summed E-state index contributed by atoms with van der Waals surface area (Å²) < 4.78 is 26.7. The number of carbonyl (C=O) groups excluding carboxylic acids is 2. The highest BCUT2D eigenvalue weighted by Crippen LogP contribution is 2.32. The second kappa shape index (κ2) is 13.4. The Kier molecular flexibility index (Phi) is 9.76. The van der Waals surface area contributed by atoms with Crippen LogP contribution in [0.1, 0.15) is 65.6 Å². The SMILES string of the molecule is CCO.CCOC(=O)C[C@@H](c1ccc(OC)c(F)c1)N1CCn2cc(Cc3ccc4c(n3)NCCC4)cc2C1=O. The zero-order valence-corrected chi connectivity index (χ0v) is 23.3. The summed E-state index contributed by atoms with van der Waals surface area (Å²) in [7, 11) is 1.39. The van der Waals surface area contributed by atoms with Crippen LogP contribution in [0.5, 0.6) is 5.75 Å². The zero-order chi connectivity index (χ0) is 28.6. The number of hydrogen-bond acceptors (Lipinski definition) is 7. The van der Waals surface area contributed by atoms with Gasteiger partial charge in [0.2, 0.25) is 0 Å². The number of fused-ring (bicyclic) bond motifs is 2. The first-order chi connectivity index (χ1) is 19.4. The summed E-state index contributed by atoms with van der Waals surface area (Å²) in [5, 5.41) is 10.9. The largest absolute Gasteiger partial charge is 0.494 e. The number of halogens is 1. The second-order valence-corrected chi connectivity index (χ2v) is 9.68. The minimum absolute atomic E-state index is 0.0645. The number of aliphatic hydroxyl groups is 1. The van der Waals surface area contributed by atoms with Crippen molar-refractivity contribution in [1.29, 1.82) is 0 Å². The molecule has 0 aliphatic carbocycles. The summed E-state index contributed by atoms with van der Waals surface area (Å²) >= 11 is 0. The molecule has 5 rings (SSSR count). The molecule has 2 N–H and O–H groups in total. The molecule has 1 amide bonds.